The third-order valence-corrected chi connectivity index (χ3v) is 4.17. The summed E-state index contributed by atoms with van der Waals surface area (Å²) < 4.78 is 1.28. The van der Waals surface area contributed by atoms with Crippen LogP contribution in [0.15, 0.2) is 66.0 Å². The van der Waals surface area contributed by atoms with Crippen LogP contribution in [0.5, 0.6) is 0 Å². The fourth-order valence-electron chi connectivity index (χ4n) is 2.83. The van der Waals surface area contributed by atoms with Crippen molar-refractivity contribution in [1.82, 2.24) is 19.9 Å². The van der Waals surface area contributed by atoms with E-state index in [1.54, 1.807) is 24.7 Å². The molecule has 1 amide bonds. The van der Waals surface area contributed by atoms with E-state index in [9.17, 15) is 9.59 Å². The van der Waals surface area contributed by atoms with E-state index >= 15 is 0 Å². The monoisotopic (exact) mass is 348 g/mol. The lowest BCUT2D eigenvalue weighted by molar-refractivity contribution is -0.122. The Morgan fingerprint density at radius 2 is 2.04 bits per heavy atom. The summed E-state index contributed by atoms with van der Waals surface area (Å²) in [5.74, 6) is -0.269. The van der Waals surface area contributed by atoms with Gasteiger partial charge in [-0.25, -0.2) is 9.78 Å². The van der Waals surface area contributed by atoms with Crippen molar-refractivity contribution >= 4 is 5.91 Å². The SMILES string of the molecule is Cc1ccc(C)c([C@@H](NC(=O)Cn2cccnc2=O)c2cccnc2)c1. The molecule has 0 radical (unpaired) electrons. The molecule has 0 unspecified atom stereocenters. The molecule has 0 aliphatic carbocycles. The van der Waals surface area contributed by atoms with Crippen LogP contribution in [0.25, 0.3) is 0 Å². The Kier molecular flexibility index (Phi) is 5.22. The number of nitrogens with one attached hydrogen (secondary N) is 1. The van der Waals surface area contributed by atoms with Crippen LogP contribution in [0.1, 0.15) is 28.3 Å². The van der Waals surface area contributed by atoms with Crippen molar-refractivity contribution in [3.8, 4) is 0 Å². The molecule has 1 aromatic carbocycles. The average molecular weight is 348 g/mol. The van der Waals surface area contributed by atoms with Crippen molar-refractivity contribution in [1.29, 1.82) is 0 Å². The Morgan fingerprint density at radius 3 is 2.77 bits per heavy atom. The summed E-state index contributed by atoms with van der Waals surface area (Å²) >= 11 is 0. The van der Waals surface area contributed by atoms with Crippen LogP contribution in [0, 0.1) is 13.8 Å². The molecule has 3 rings (SSSR count). The first-order chi connectivity index (χ1) is 12.5. The molecule has 1 atom stereocenters. The molecule has 1 N–H and O–H groups in total. The number of aryl methyl sites for hydroxylation is 2. The molecule has 132 valence electrons. The number of benzene rings is 1. The van der Waals surface area contributed by atoms with Gasteiger partial charge in [-0.3, -0.25) is 14.3 Å². The lowest BCUT2D eigenvalue weighted by Crippen LogP contribution is -2.35. The number of hydrogen-bond acceptors (Lipinski definition) is 4. The van der Waals surface area contributed by atoms with Gasteiger partial charge in [-0.05, 0) is 42.7 Å². The number of pyridine rings is 1. The molecule has 0 saturated heterocycles. The van der Waals surface area contributed by atoms with Crippen molar-refractivity contribution in [2.24, 2.45) is 0 Å². The maximum atomic E-state index is 12.6. The van der Waals surface area contributed by atoms with Crippen molar-refractivity contribution in [2.45, 2.75) is 26.4 Å². The van der Waals surface area contributed by atoms with E-state index in [1.165, 1.54) is 10.8 Å². The van der Waals surface area contributed by atoms with Crippen LogP contribution in [-0.4, -0.2) is 20.4 Å². The van der Waals surface area contributed by atoms with Crippen LogP contribution in [-0.2, 0) is 11.3 Å². The minimum absolute atomic E-state index is 0.0890. The third-order valence-electron chi connectivity index (χ3n) is 4.17. The van der Waals surface area contributed by atoms with Crippen molar-refractivity contribution in [2.75, 3.05) is 0 Å². The summed E-state index contributed by atoms with van der Waals surface area (Å²) in [4.78, 5) is 32.2. The quantitative estimate of drug-likeness (QED) is 0.766. The van der Waals surface area contributed by atoms with Crippen molar-refractivity contribution < 1.29 is 4.79 Å². The van der Waals surface area contributed by atoms with Gasteiger partial charge in [0.25, 0.3) is 0 Å². The van der Waals surface area contributed by atoms with E-state index < -0.39 is 5.69 Å². The van der Waals surface area contributed by atoms with E-state index in [4.69, 9.17) is 0 Å². The number of carbonyl (C=O) groups is 1. The summed E-state index contributed by atoms with van der Waals surface area (Å²) in [6.45, 7) is 3.93. The number of nitrogens with zero attached hydrogens (tertiary/aromatic N) is 3. The predicted octanol–water partition coefficient (Wildman–Crippen LogP) is 2.16. The zero-order valence-corrected chi connectivity index (χ0v) is 14.7. The highest BCUT2D eigenvalue weighted by atomic mass is 16.2. The molecule has 0 bridgehead atoms. The lowest BCUT2D eigenvalue weighted by atomic mass is 9.94. The largest absolute Gasteiger partial charge is 0.347 e. The van der Waals surface area contributed by atoms with Gasteiger partial charge in [-0.15, -0.1) is 0 Å². The first-order valence-electron chi connectivity index (χ1n) is 8.32. The average Bonchev–Trinajstić information content (AvgIpc) is 2.64. The van der Waals surface area contributed by atoms with E-state index in [2.05, 4.69) is 21.4 Å². The molecule has 0 aliphatic rings. The Bertz CT molecular complexity index is 967. The lowest BCUT2D eigenvalue weighted by Gasteiger charge is -2.22. The Labute approximate surface area is 151 Å². The van der Waals surface area contributed by atoms with Gasteiger partial charge >= 0.3 is 5.69 Å². The standard InChI is InChI=1S/C20H20N4O2/c1-14-6-7-15(2)17(11-14)19(16-5-3-8-21-12-16)23-18(25)13-24-10-4-9-22-20(24)26/h3-12,19H,13H2,1-2H3,(H,23,25)/t19-/m0/s1. The van der Waals surface area contributed by atoms with Crippen molar-refractivity contribution in [3.05, 3.63) is 93.9 Å². The predicted molar refractivity (Wildman–Crippen MR) is 98.6 cm³/mol. The van der Waals surface area contributed by atoms with Gasteiger partial charge in [-0.1, -0.05) is 29.8 Å². The van der Waals surface area contributed by atoms with Crippen LogP contribution in [0.4, 0.5) is 0 Å². The van der Waals surface area contributed by atoms with Crippen LogP contribution in [0.3, 0.4) is 0 Å². The molecule has 0 spiro atoms. The highest BCUT2D eigenvalue weighted by Gasteiger charge is 2.19. The fourth-order valence-corrected chi connectivity index (χ4v) is 2.83. The highest BCUT2D eigenvalue weighted by Crippen LogP contribution is 2.25. The molecule has 3 aromatic rings. The maximum absolute atomic E-state index is 12.6. The summed E-state index contributed by atoms with van der Waals surface area (Å²) in [6, 6.07) is 11.2. The Balaban J connectivity index is 1.92. The minimum Gasteiger partial charge on any atom is -0.344 e. The second-order valence-electron chi connectivity index (χ2n) is 6.18. The normalized spacial score (nSPS) is 11.8. The molecule has 6 heteroatoms. The van der Waals surface area contributed by atoms with Crippen LogP contribution >= 0.6 is 0 Å². The first kappa shape index (κ1) is 17.5. The number of carbonyl (C=O) groups excluding carboxylic acids is 1. The maximum Gasteiger partial charge on any atom is 0.347 e. The number of hydrogen-bond donors (Lipinski definition) is 1. The fraction of sp³-hybridized carbons (Fsp3) is 0.200. The topological polar surface area (TPSA) is 76.9 Å². The molecule has 6 nitrogen and oxygen atoms in total. The summed E-state index contributed by atoms with van der Waals surface area (Å²) in [6.07, 6.45) is 6.39. The van der Waals surface area contributed by atoms with E-state index in [0.717, 1.165) is 22.3 Å². The molecule has 0 saturated carbocycles. The second kappa shape index (κ2) is 7.74. The number of rotatable bonds is 5. The summed E-state index contributed by atoms with van der Waals surface area (Å²) in [5.41, 5.74) is 3.62. The van der Waals surface area contributed by atoms with Gasteiger partial charge in [0.2, 0.25) is 5.91 Å². The summed E-state index contributed by atoms with van der Waals surface area (Å²) in [7, 11) is 0. The van der Waals surface area contributed by atoms with Gasteiger partial charge < -0.3 is 5.32 Å². The third kappa shape index (κ3) is 4.03. The van der Waals surface area contributed by atoms with E-state index in [0.29, 0.717) is 0 Å². The van der Waals surface area contributed by atoms with Crippen molar-refractivity contribution in [3.63, 3.8) is 0 Å². The zero-order chi connectivity index (χ0) is 18.5. The minimum atomic E-state index is -0.452. The number of aromatic nitrogens is 3. The number of amides is 1. The van der Waals surface area contributed by atoms with Gasteiger partial charge in [0, 0.05) is 24.8 Å². The molecular weight excluding hydrogens is 328 g/mol. The molecule has 2 aromatic heterocycles. The molecular formula is C20H20N4O2. The first-order valence-corrected chi connectivity index (χ1v) is 8.32. The molecule has 26 heavy (non-hydrogen) atoms. The zero-order valence-electron chi connectivity index (χ0n) is 14.7. The summed E-state index contributed by atoms with van der Waals surface area (Å²) in [5, 5.41) is 3.03. The Hall–Kier alpha value is -3.28. The van der Waals surface area contributed by atoms with E-state index in [-0.39, 0.29) is 18.5 Å². The molecule has 0 aliphatic heterocycles. The Morgan fingerprint density at radius 1 is 1.19 bits per heavy atom. The highest BCUT2D eigenvalue weighted by molar-refractivity contribution is 5.77. The van der Waals surface area contributed by atoms with Gasteiger partial charge in [0.05, 0.1) is 6.04 Å². The smallest absolute Gasteiger partial charge is 0.344 e. The van der Waals surface area contributed by atoms with Crippen LogP contribution < -0.4 is 11.0 Å². The van der Waals surface area contributed by atoms with Crippen LogP contribution in [0.2, 0.25) is 0 Å². The van der Waals surface area contributed by atoms with Gasteiger partial charge in [0.1, 0.15) is 6.54 Å². The van der Waals surface area contributed by atoms with Gasteiger partial charge in [-0.2, -0.15) is 0 Å². The van der Waals surface area contributed by atoms with E-state index in [1.807, 2.05) is 38.1 Å². The van der Waals surface area contributed by atoms with Gasteiger partial charge in [0.15, 0.2) is 0 Å². The molecule has 2 heterocycles. The molecule has 0 fully saturated rings. The second-order valence-corrected chi connectivity index (χ2v) is 6.18.